The molecule has 0 amide bonds. The van der Waals surface area contributed by atoms with Crippen molar-refractivity contribution in [3.63, 3.8) is 0 Å². The molecule has 0 fully saturated rings. The molecule has 0 spiro atoms. The lowest BCUT2D eigenvalue weighted by atomic mass is 9.78. The number of hydrogen-bond acceptors (Lipinski definition) is 6. The first-order chi connectivity index (χ1) is 7.63. The summed E-state index contributed by atoms with van der Waals surface area (Å²) in [6.45, 7) is -0.0332. The zero-order valence-corrected chi connectivity index (χ0v) is 9.01. The van der Waals surface area contributed by atoms with Crippen LogP contribution in [-0.4, -0.2) is 31.4 Å². The van der Waals surface area contributed by atoms with Crippen molar-refractivity contribution in [2.75, 3.05) is 14.2 Å². The van der Waals surface area contributed by atoms with E-state index in [1.54, 1.807) is 0 Å². The van der Waals surface area contributed by atoms with Gasteiger partial charge in [0.1, 0.15) is 18.0 Å². The van der Waals surface area contributed by atoms with E-state index in [-0.39, 0.29) is 23.5 Å². The molecular formula is C9H12BNO5. The van der Waals surface area contributed by atoms with Crippen molar-refractivity contribution in [3.05, 3.63) is 22.6 Å². The number of rotatable bonds is 5. The quantitative estimate of drug-likeness (QED) is 0.528. The summed E-state index contributed by atoms with van der Waals surface area (Å²) in [7, 11) is 1.07. The summed E-state index contributed by atoms with van der Waals surface area (Å²) in [5, 5.41) is 21.1. The van der Waals surface area contributed by atoms with Gasteiger partial charge in [-0.3, -0.25) is 0 Å². The molecule has 86 valence electrons. The molecule has 16 heavy (non-hydrogen) atoms. The molecule has 1 aromatic carbocycles. The van der Waals surface area contributed by atoms with Gasteiger partial charge in [-0.15, -0.1) is 0 Å². The minimum atomic E-state index is -1.71. The van der Waals surface area contributed by atoms with Gasteiger partial charge in [0.2, 0.25) is 0 Å². The van der Waals surface area contributed by atoms with Crippen molar-refractivity contribution in [2.24, 2.45) is 5.18 Å². The Morgan fingerprint density at radius 1 is 1.25 bits per heavy atom. The Morgan fingerprint density at radius 2 is 1.75 bits per heavy atom. The Kier molecular flexibility index (Phi) is 4.27. The third kappa shape index (κ3) is 2.50. The average Bonchev–Trinajstić information content (AvgIpc) is 2.27. The van der Waals surface area contributed by atoms with Crippen LogP contribution < -0.4 is 14.9 Å². The van der Waals surface area contributed by atoms with Gasteiger partial charge in [0.15, 0.2) is 0 Å². The van der Waals surface area contributed by atoms with E-state index in [4.69, 9.17) is 9.47 Å². The van der Waals surface area contributed by atoms with Crippen molar-refractivity contribution in [2.45, 2.75) is 6.54 Å². The second-order valence-electron chi connectivity index (χ2n) is 3.07. The molecular weight excluding hydrogens is 213 g/mol. The number of ether oxygens (including phenoxy) is 2. The van der Waals surface area contributed by atoms with Crippen molar-refractivity contribution in [3.8, 4) is 11.5 Å². The smallest absolute Gasteiger partial charge is 0.496 e. The largest absolute Gasteiger partial charge is 0.497 e. The highest BCUT2D eigenvalue weighted by Gasteiger charge is 2.23. The standard InChI is InChI=1S/C9H12BNO5/c1-15-7-3-6(5-11-14)4-8(16-2)9(7)10(12)13/h3-4,12-13H,5H2,1-2H3. The lowest BCUT2D eigenvalue weighted by Crippen LogP contribution is -2.32. The molecule has 0 aliphatic heterocycles. The van der Waals surface area contributed by atoms with Crippen molar-refractivity contribution < 1.29 is 19.5 Å². The lowest BCUT2D eigenvalue weighted by molar-refractivity contribution is 0.384. The molecule has 0 saturated carbocycles. The van der Waals surface area contributed by atoms with Crippen LogP contribution in [0.2, 0.25) is 0 Å². The summed E-state index contributed by atoms with van der Waals surface area (Å²) in [6, 6.07) is 3.03. The van der Waals surface area contributed by atoms with Crippen LogP contribution in [0.4, 0.5) is 0 Å². The maximum absolute atomic E-state index is 10.2. The van der Waals surface area contributed by atoms with E-state index in [0.29, 0.717) is 5.56 Å². The highest BCUT2D eigenvalue weighted by atomic mass is 16.5. The van der Waals surface area contributed by atoms with E-state index in [0.717, 1.165) is 0 Å². The second-order valence-corrected chi connectivity index (χ2v) is 3.07. The monoisotopic (exact) mass is 225 g/mol. The highest BCUT2D eigenvalue weighted by Crippen LogP contribution is 2.21. The molecule has 0 unspecified atom stereocenters. The molecule has 0 aliphatic carbocycles. The van der Waals surface area contributed by atoms with Crippen molar-refractivity contribution in [1.82, 2.24) is 0 Å². The van der Waals surface area contributed by atoms with Crippen molar-refractivity contribution >= 4 is 12.6 Å². The van der Waals surface area contributed by atoms with Gasteiger partial charge >= 0.3 is 7.12 Å². The topological polar surface area (TPSA) is 88.4 Å². The van der Waals surface area contributed by atoms with Gasteiger partial charge in [0.05, 0.1) is 19.7 Å². The fraction of sp³-hybridized carbons (Fsp3) is 0.333. The average molecular weight is 225 g/mol. The fourth-order valence-electron chi connectivity index (χ4n) is 1.41. The summed E-state index contributed by atoms with van der Waals surface area (Å²) >= 11 is 0. The van der Waals surface area contributed by atoms with E-state index in [1.165, 1.54) is 26.4 Å². The molecule has 0 aromatic heterocycles. The molecule has 1 rings (SSSR count). The van der Waals surface area contributed by atoms with Crippen LogP contribution >= 0.6 is 0 Å². The maximum Gasteiger partial charge on any atom is 0.496 e. The first-order valence-electron chi connectivity index (χ1n) is 4.54. The third-order valence-corrected chi connectivity index (χ3v) is 2.11. The molecule has 0 radical (unpaired) electrons. The minimum absolute atomic E-state index is 0.0332. The van der Waals surface area contributed by atoms with E-state index < -0.39 is 7.12 Å². The summed E-state index contributed by atoms with van der Waals surface area (Å²) in [5.41, 5.74) is 0.702. The molecule has 0 saturated heterocycles. The van der Waals surface area contributed by atoms with Gasteiger partial charge in [0.25, 0.3) is 0 Å². The predicted octanol–water partition coefficient (Wildman–Crippen LogP) is -0.350. The van der Waals surface area contributed by atoms with Crippen molar-refractivity contribution in [1.29, 1.82) is 0 Å². The van der Waals surface area contributed by atoms with Gasteiger partial charge in [-0.05, 0) is 17.7 Å². The minimum Gasteiger partial charge on any atom is -0.497 e. The predicted molar refractivity (Wildman–Crippen MR) is 58.9 cm³/mol. The van der Waals surface area contributed by atoms with E-state index >= 15 is 0 Å². The van der Waals surface area contributed by atoms with Crippen LogP contribution in [0, 0.1) is 4.91 Å². The van der Waals surface area contributed by atoms with Crippen LogP contribution in [0.3, 0.4) is 0 Å². The molecule has 6 nitrogen and oxygen atoms in total. The number of nitroso groups, excluding NO2 is 1. The van der Waals surface area contributed by atoms with E-state index in [9.17, 15) is 15.0 Å². The molecule has 1 aromatic rings. The van der Waals surface area contributed by atoms with Crippen LogP contribution in [0.1, 0.15) is 5.56 Å². The first-order valence-corrected chi connectivity index (χ1v) is 4.54. The Morgan fingerprint density at radius 3 is 2.06 bits per heavy atom. The number of hydrogen-bond donors (Lipinski definition) is 2. The Bertz CT molecular complexity index is 357. The number of benzene rings is 1. The van der Waals surface area contributed by atoms with Gasteiger partial charge in [-0.2, -0.15) is 4.91 Å². The second kappa shape index (κ2) is 5.48. The Labute approximate surface area is 92.9 Å². The van der Waals surface area contributed by atoms with Gasteiger partial charge in [-0.1, -0.05) is 5.18 Å². The normalized spacial score (nSPS) is 9.75. The van der Waals surface area contributed by atoms with E-state index in [1.807, 2.05) is 0 Å². The molecule has 0 atom stereocenters. The molecule has 0 bridgehead atoms. The molecule has 0 aliphatic rings. The highest BCUT2D eigenvalue weighted by molar-refractivity contribution is 6.61. The van der Waals surface area contributed by atoms with Gasteiger partial charge < -0.3 is 19.5 Å². The van der Waals surface area contributed by atoms with Crippen LogP contribution in [-0.2, 0) is 6.54 Å². The molecule has 0 heterocycles. The summed E-state index contributed by atoms with van der Waals surface area (Å²) in [4.78, 5) is 10.2. The maximum atomic E-state index is 10.2. The third-order valence-electron chi connectivity index (χ3n) is 2.11. The van der Waals surface area contributed by atoms with Gasteiger partial charge in [0, 0.05) is 0 Å². The van der Waals surface area contributed by atoms with Crippen LogP contribution in [0.5, 0.6) is 11.5 Å². The van der Waals surface area contributed by atoms with E-state index in [2.05, 4.69) is 5.18 Å². The first kappa shape index (κ1) is 12.5. The summed E-state index contributed by atoms with van der Waals surface area (Å²) in [6.07, 6.45) is 0. The zero-order chi connectivity index (χ0) is 12.1. The number of nitrogens with zero attached hydrogens (tertiary/aromatic N) is 1. The molecule has 7 heteroatoms. The van der Waals surface area contributed by atoms with Crippen LogP contribution in [0.15, 0.2) is 17.3 Å². The zero-order valence-electron chi connectivity index (χ0n) is 9.01. The fourth-order valence-corrected chi connectivity index (χ4v) is 1.41. The van der Waals surface area contributed by atoms with Gasteiger partial charge in [-0.25, -0.2) is 0 Å². The van der Waals surface area contributed by atoms with Crippen LogP contribution in [0.25, 0.3) is 0 Å². The summed E-state index contributed by atoms with van der Waals surface area (Å²) < 4.78 is 9.98. The Hall–Kier alpha value is -1.60. The lowest BCUT2D eigenvalue weighted by Gasteiger charge is -2.13. The Balaban J connectivity index is 3.30. The summed E-state index contributed by atoms with van der Waals surface area (Å²) in [5.74, 6) is 0.487. The number of methoxy groups -OCH3 is 2. The SMILES string of the molecule is COc1cc(CN=O)cc(OC)c1B(O)O. The molecule has 2 N–H and O–H groups in total.